The zero-order chi connectivity index (χ0) is 14.0. The minimum absolute atomic E-state index is 0.0760. The molecule has 2 heterocycles. The molecule has 2 aliphatic heterocycles. The molecule has 5 heteroatoms. The van der Waals surface area contributed by atoms with E-state index in [4.69, 9.17) is 4.74 Å². The van der Waals surface area contributed by atoms with Crippen LogP contribution in [0.25, 0.3) is 0 Å². The van der Waals surface area contributed by atoms with E-state index in [1.165, 1.54) is 0 Å². The Kier molecular flexibility index (Phi) is 4.24. The van der Waals surface area contributed by atoms with E-state index in [-0.39, 0.29) is 12.0 Å². The van der Waals surface area contributed by atoms with Gasteiger partial charge in [0.15, 0.2) is 0 Å². The number of amides is 1. The molecule has 5 nitrogen and oxygen atoms in total. The fraction of sp³-hybridized carbons (Fsp3) is 0.714. The van der Waals surface area contributed by atoms with Gasteiger partial charge in [-0.25, -0.2) is 0 Å². The molecule has 2 rings (SSSR count). The van der Waals surface area contributed by atoms with Crippen molar-refractivity contribution in [3.05, 3.63) is 12.2 Å². The maximum absolute atomic E-state index is 12.6. The summed E-state index contributed by atoms with van der Waals surface area (Å²) in [6.07, 6.45) is 4.53. The van der Waals surface area contributed by atoms with E-state index in [2.05, 4.69) is 0 Å². The van der Waals surface area contributed by atoms with E-state index >= 15 is 0 Å². The van der Waals surface area contributed by atoms with Gasteiger partial charge in [0.05, 0.1) is 18.1 Å². The van der Waals surface area contributed by atoms with E-state index in [0.29, 0.717) is 13.1 Å². The Morgan fingerprint density at radius 3 is 2.11 bits per heavy atom. The molecule has 0 aromatic heterocycles. The highest BCUT2D eigenvalue weighted by Gasteiger charge is 2.53. The summed E-state index contributed by atoms with van der Waals surface area (Å²) in [7, 11) is 0. The second kappa shape index (κ2) is 5.74. The molecule has 0 radical (unpaired) electrons. The summed E-state index contributed by atoms with van der Waals surface area (Å²) in [6, 6.07) is 0. The number of carboxylic acids is 1. The lowest BCUT2D eigenvalue weighted by Gasteiger charge is -2.29. The fourth-order valence-electron chi connectivity index (χ4n) is 2.98. The Labute approximate surface area is 113 Å². The zero-order valence-electron chi connectivity index (χ0n) is 11.4. The first kappa shape index (κ1) is 14.1. The van der Waals surface area contributed by atoms with Gasteiger partial charge < -0.3 is 14.7 Å². The summed E-state index contributed by atoms with van der Waals surface area (Å²) in [6.45, 7) is 5.39. The second-order valence-electron chi connectivity index (χ2n) is 5.17. The molecular formula is C14H21NO4. The van der Waals surface area contributed by atoms with Gasteiger partial charge in [0.1, 0.15) is 5.92 Å². The summed E-state index contributed by atoms with van der Waals surface area (Å²) in [5.74, 6) is -2.32. The van der Waals surface area contributed by atoms with Crippen LogP contribution in [0.15, 0.2) is 12.2 Å². The molecule has 1 fully saturated rings. The number of carboxylic acid groups (broad SMARTS) is 1. The molecule has 0 saturated carbocycles. The van der Waals surface area contributed by atoms with Crippen LogP contribution in [0.2, 0.25) is 0 Å². The van der Waals surface area contributed by atoms with Gasteiger partial charge in [0.2, 0.25) is 5.91 Å². The van der Waals surface area contributed by atoms with Crippen LogP contribution in [-0.4, -0.2) is 47.2 Å². The van der Waals surface area contributed by atoms with Gasteiger partial charge in [-0.05, 0) is 12.8 Å². The Bertz CT molecular complexity index is 387. The van der Waals surface area contributed by atoms with Crippen LogP contribution < -0.4 is 0 Å². The van der Waals surface area contributed by atoms with E-state index in [1.807, 2.05) is 19.9 Å². The van der Waals surface area contributed by atoms with Gasteiger partial charge in [0.25, 0.3) is 0 Å². The zero-order valence-corrected chi connectivity index (χ0v) is 11.4. The van der Waals surface area contributed by atoms with E-state index < -0.39 is 23.9 Å². The molecule has 4 atom stereocenters. The number of aliphatic carboxylic acids is 1. The lowest BCUT2D eigenvalue weighted by Crippen LogP contribution is -2.45. The average Bonchev–Trinajstić information content (AvgIpc) is 2.97. The van der Waals surface area contributed by atoms with Crippen LogP contribution in [-0.2, 0) is 14.3 Å². The first-order valence-corrected chi connectivity index (χ1v) is 6.95. The van der Waals surface area contributed by atoms with E-state index in [1.54, 1.807) is 11.0 Å². The number of carbonyl (C=O) groups is 2. The number of hydrogen-bond donors (Lipinski definition) is 1. The predicted molar refractivity (Wildman–Crippen MR) is 69.6 cm³/mol. The molecule has 4 unspecified atom stereocenters. The molecule has 1 amide bonds. The van der Waals surface area contributed by atoms with Crippen molar-refractivity contribution in [1.82, 2.24) is 4.90 Å². The van der Waals surface area contributed by atoms with Crippen molar-refractivity contribution in [3.63, 3.8) is 0 Å². The maximum Gasteiger partial charge on any atom is 0.310 e. The number of rotatable bonds is 6. The first-order chi connectivity index (χ1) is 9.10. The number of ether oxygens (including phenoxy) is 1. The third kappa shape index (κ3) is 2.52. The molecule has 19 heavy (non-hydrogen) atoms. The standard InChI is InChI=1S/C14H21NO4/c1-3-7-15(8-4-2)13(16)11-9-5-6-10(19-9)12(11)14(17)18/h5-6,9-12H,3-4,7-8H2,1-2H3,(H,17,18). The first-order valence-electron chi connectivity index (χ1n) is 6.95. The molecule has 0 aliphatic carbocycles. The van der Waals surface area contributed by atoms with Crippen molar-refractivity contribution in [3.8, 4) is 0 Å². The Morgan fingerprint density at radius 2 is 1.63 bits per heavy atom. The van der Waals surface area contributed by atoms with Crippen LogP contribution in [0, 0.1) is 11.8 Å². The van der Waals surface area contributed by atoms with Crippen molar-refractivity contribution >= 4 is 11.9 Å². The topological polar surface area (TPSA) is 66.8 Å². The molecule has 1 N–H and O–H groups in total. The summed E-state index contributed by atoms with van der Waals surface area (Å²) in [5.41, 5.74) is 0. The third-order valence-electron chi connectivity index (χ3n) is 3.77. The SMILES string of the molecule is CCCN(CCC)C(=O)C1C2C=CC(O2)C1C(=O)O. The summed E-state index contributed by atoms with van der Waals surface area (Å²) < 4.78 is 5.55. The summed E-state index contributed by atoms with van der Waals surface area (Å²) in [4.78, 5) is 25.7. The maximum atomic E-state index is 12.6. The lowest BCUT2D eigenvalue weighted by molar-refractivity contribution is -0.149. The molecule has 0 aromatic rings. The molecule has 2 aliphatic rings. The van der Waals surface area contributed by atoms with Crippen LogP contribution in [0.1, 0.15) is 26.7 Å². The monoisotopic (exact) mass is 267 g/mol. The highest BCUT2D eigenvalue weighted by Crippen LogP contribution is 2.40. The van der Waals surface area contributed by atoms with Gasteiger partial charge >= 0.3 is 5.97 Å². The second-order valence-corrected chi connectivity index (χ2v) is 5.17. The number of nitrogens with zero attached hydrogens (tertiary/aromatic N) is 1. The average molecular weight is 267 g/mol. The highest BCUT2D eigenvalue weighted by atomic mass is 16.5. The summed E-state index contributed by atoms with van der Waals surface area (Å²) >= 11 is 0. The molecular weight excluding hydrogens is 246 g/mol. The summed E-state index contributed by atoms with van der Waals surface area (Å²) in [5, 5.41) is 9.31. The Balaban J connectivity index is 2.16. The smallest absolute Gasteiger partial charge is 0.310 e. The van der Waals surface area contributed by atoms with Crippen LogP contribution in [0.5, 0.6) is 0 Å². The molecule has 0 aromatic carbocycles. The number of carbonyl (C=O) groups excluding carboxylic acids is 1. The minimum Gasteiger partial charge on any atom is -0.481 e. The van der Waals surface area contributed by atoms with Gasteiger partial charge in [-0.1, -0.05) is 26.0 Å². The van der Waals surface area contributed by atoms with Crippen LogP contribution >= 0.6 is 0 Å². The third-order valence-corrected chi connectivity index (χ3v) is 3.77. The number of hydrogen-bond acceptors (Lipinski definition) is 3. The number of fused-ring (bicyclic) bond motifs is 2. The van der Waals surface area contributed by atoms with Crippen molar-refractivity contribution in [2.75, 3.05) is 13.1 Å². The normalized spacial score (nSPS) is 31.7. The molecule has 1 saturated heterocycles. The Morgan fingerprint density at radius 1 is 1.11 bits per heavy atom. The van der Waals surface area contributed by atoms with Gasteiger partial charge in [-0.3, -0.25) is 9.59 Å². The molecule has 0 spiro atoms. The van der Waals surface area contributed by atoms with Crippen molar-refractivity contribution in [1.29, 1.82) is 0 Å². The molecule has 106 valence electrons. The van der Waals surface area contributed by atoms with E-state index in [0.717, 1.165) is 12.8 Å². The Hall–Kier alpha value is -1.36. The quantitative estimate of drug-likeness (QED) is 0.736. The lowest BCUT2D eigenvalue weighted by atomic mass is 9.82. The minimum atomic E-state index is -0.942. The highest BCUT2D eigenvalue weighted by molar-refractivity contribution is 5.87. The van der Waals surface area contributed by atoms with Crippen molar-refractivity contribution < 1.29 is 19.4 Å². The van der Waals surface area contributed by atoms with Crippen molar-refractivity contribution in [2.45, 2.75) is 38.9 Å². The molecule has 2 bridgehead atoms. The van der Waals surface area contributed by atoms with Gasteiger partial charge in [-0.15, -0.1) is 0 Å². The van der Waals surface area contributed by atoms with Gasteiger partial charge in [0, 0.05) is 13.1 Å². The van der Waals surface area contributed by atoms with Crippen LogP contribution in [0.3, 0.4) is 0 Å². The van der Waals surface area contributed by atoms with E-state index in [9.17, 15) is 14.7 Å². The van der Waals surface area contributed by atoms with Crippen molar-refractivity contribution in [2.24, 2.45) is 11.8 Å². The fourth-order valence-corrected chi connectivity index (χ4v) is 2.98. The predicted octanol–water partition coefficient (Wildman–Crippen LogP) is 1.29. The largest absolute Gasteiger partial charge is 0.481 e. The van der Waals surface area contributed by atoms with Crippen LogP contribution in [0.4, 0.5) is 0 Å². The van der Waals surface area contributed by atoms with Gasteiger partial charge in [-0.2, -0.15) is 0 Å².